The van der Waals surface area contributed by atoms with Crippen molar-refractivity contribution < 1.29 is 14.6 Å². The zero-order valence-electron chi connectivity index (χ0n) is 13.8. The normalized spacial score (nSPS) is 10.8. The van der Waals surface area contributed by atoms with Crippen molar-refractivity contribution in [3.8, 4) is 11.5 Å². The first-order valence-electron chi connectivity index (χ1n) is 7.38. The number of aryl methyl sites for hydroxylation is 3. The molecule has 6 heteroatoms. The van der Waals surface area contributed by atoms with Gasteiger partial charge in [0.25, 0.3) is 5.91 Å². The first-order valence-corrected chi connectivity index (χ1v) is 8.17. The summed E-state index contributed by atoms with van der Waals surface area (Å²) in [6, 6.07) is 9.07. The number of amides is 1. The average Bonchev–Trinajstić information content (AvgIpc) is 2.48. The highest BCUT2D eigenvalue weighted by molar-refractivity contribution is 9.10. The van der Waals surface area contributed by atoms with Crippen molar-refractivity contribution in [1.29, 1.82) is 0 Å². The molecule has 126 valence electrons. The van der Waals surface area contributed by atoms with Crippen molar-refractivity contribution in [2.45, 2.75) is 20.8 Å². The number of phenols is 1. The lowest BCUT2D eigenvalue weighted by Crippen LogP contribution is -2.25. The van der Waals surface area contributed by atoms with Crippen molar-refractivity contribution in [2.24, 2.45) is 5.10 Å². The fraction of sp³-hybridized carbons (Fsp3) is 0.222. The van der Waals surface area contributed by atoms with Crippen molar-refractivity contribution >= 4 is 28.1 Å². The number of ether oxygens (including phenoxy) is 1. The van der Waals surface area contributed by atoms with Gasteiger partial charge in [0.1, 0.15) is 11.5 Å². The largest absolute Gasteiger partial charge is 0.507 e. The number of carbonyl (C=O) groups is 1. The number of phenolic OH excluding ortho intramolecular Hbond substituents is 1. The fourth-order valence-electron chi connectivity index (χ4n) is 2.23. The third kappa shape index (κ3) is 4.83. The number of aromatic hydroxyl groups is 1. The van der Waals surface area contributed by atoms with E-state index in [1.54, 1.807) is 12.1 Å². The van der Waals surface area contributed by atoms with E-state index in [4.69, 9.17) is 4.74 Å². The van der Waals surface area contributed by atoms with E-state index in [9.17, 15) is 9.90 Å². The average molecular weight is 391 g/mol. The smallest absolute Gasteiger partial charge is 0.277 e. The zero-order valence-corrected chi connectivity index (χ0v) is 15.3. The SMILES string of the molecule is Cc1ccc(/C=N/NC(=O)COc2c(C)cc(Br)cc2C)c(O)c1. The van der Waals surface area contributed by atoms with E-state index in [0.717, 1.165) is 21.2 Å². The molecule has 0 aromatic heterocycles. The first kappa shape index (κ1) is 18.0. The molecule has 2 aromatic rings. The van der Waals surface area contributed by atoms with Crippen LogP contribution in [0.5, 0.6) is 11.5 Å². The van der Waals surface area contributed by atoms with Crippen LogP contribution in [0.4, 0.5) is 0 Å². The quantitative estimate of drug-likeness (QED) is 0.604. The molecule has 0 aliphatic heterocycles. The Labute approximate surface area is 149 Å². The molecule has 0 fully saturated rings. The molecule has 0 heterocycles. The molecule has 0 unspecified atom stereocenters. The minimum absolute atomic E-state index is 0.116. The number of benzene rings is 2. The van der Waals surface area contributed by atoms with Gasteiger partial charge in [0, 0.05) is 10.0 Å². The van der Waals surface area contributed by atoms with E-state index in [2.05, 4.69) is 26.5 Å². The number of hydrogen-bond donors (Lipinski definition) is 2. The number of hydrazone groups is 1. The number of halogens is 1. The van der Waals surface area contributed by atoms with Crippen LogP contribution >= 0.6 is 15.9 Å². The lowest BCUT2D eigenvalue weighted by atomic mass is 10.1. The summed E-state index contributed by atoms with van der Waals surface area (Å²) in [5.74, 6) is 0.429. The molecule has 0 saturated heterocycles. The van der Waals surface area contributed by atoms with Gasteiger partial charge in [-0.3, -0.25) is 4.79 Å². The van der Waals surface area contributed by atoms with Crippen LogP contribution in [-0.4, -0.2) is 23.8 Å². The van der Waals surface area contributed by atoms with E-state index < -0.39 is 0 Å². The van der Waals surface area contributed by atoms with Crippen molar-refractivity contribution in [3.05, 3.63) is 57.1 Å². The molecular weight excluding hydrogens is 372 g/mol. The molecule has 1 amide bonds. The highest BCUT2D eigenvalue weighted by Gasteiger charge is 2.08. The topological polar surface area (TPSA) is 70.9 Å². The Morgan fingerprint density at radius 1 is 1.25 bits per heavy atom. The zero-order chi connectivity index (χ0) is 17.7. The van der Waals surface area contributed by atoms with Gasteiger partial charge >= 0.3 is 0 Å². The molecule has 0 aliphatic carbocycles. The number of nitrogens with zero attached hydrogens (tertiary/aromatic N) is 1. The molecular formula is C18H19BrN2O3. The molecule has 0 spiro atoms. The van der Waals surface area contributed by atoms with Crippen LogP contribution < -0.4 is 10.2 Å². The number of nitrogens with one attached hydrogen (secondary N) is 1. The molecule has 2 aromatic carbocycles. The maximum atomic E-state index is 11.8. The summed E-state index contributed by atoms with van der Waals surface area (Å²) in [6.07, 6.45) is 1.39. The van der Waals surface area contributed by atoms with E-state index in [1.807, 2.05) is 39.0 Å². The molecule has 0 bridgehead atoms. The molecule has 2 rings (SSSR count). The van der Waals surface area contributed by atoms with Gasteiger partial charge in [0.2, 0.25) is 0 Å². The Morgan fingerprint density at radius 3 is 2.54 bits per heavy atom. The Kier molecular flexibility index (Phi) is 5.98. The molecule has 0 atom stereocenters. The fourth-order valence-corrected chi connectivity index (χ4v) is 2.92. The van der Waals surface area contributed by atoms with Gasteiger partial charge in [0.05, 0.1) is 6.21 Å². The van der Waals surface area contributed by atoms with Gasteiger partial charge in [-0.05, 0) is 61.7 Å². The van der Waals surface area contributed by atoms with Crippen LogP contribution in [0.25, 0.3) is 0 Å². The maximum Gasteiger partial charge on any atom is 0.277 e. The highest BCUT2D eigenvalue weighted by Crippen LogP contribution is 2.27. The Hall–Kier alpha value is -2.34. The lowest BCUT2D eigenvalue weighted by Gasteiger charge is -2.11. The summed E-state index contributed by atoms with van der Waals surface area (Å²) in [5, 5.41) is 13.6. The Morgan fingerprint density at radius 2 is 1.92 bits per heavy atom. The van der Waals surface area contributed by atoms with Gasteiger partial charge in [-0.15, -0.1) is 0 Å². The van der Waals surface area contributed by atoms with Gasteiger partial charge < -0.3 is 9.84 Å². The summed E-state index contributed by atoms with van der Waals surface area (Å²) in [7, 11) is 0. The third-order valence-electron chi connectivity index (χ3n) is 3.35. The van der Waals surface area contributed by atoms with Crippen LogP contribution in [0.3, 0.4) is 0 Å². The maximum absolute atomic E-state index is 11.8. The predicted octanol–water partition coefficient (Wildman–Crippen LogP) is 3.61. The minimum atomic E-state index is -0.375. The van der Waals surface area contributed by atoms with Gasteiger partial charge in [-0.25, -0.2) is 5.43 Å². The van der Waals surface area contributed by atoms with Gasteiger partial charge in [-0.1, -0.05) is 22.0 Å². The Bertz CT molecular complexity index is 765. The summed E-state index contributed by atoms with van der Waals surface area (Å²) < 4.78 is 6.54. The summed E-state index contributed by atoms with van der Waals surface area (Å²) in [6.45, 7) is 5.58. The monoisotopic (exact) mass is 390 g/mol. The molecule has 24 heavy (non-hydrogen) atoms. The lowest BCUT2D eigenvalue weighted by molar-refractivity contribution is -0.123. The van der Waals surface area contributed by atoms with Crippen LogP contribution in [0.2, 0.25) is 0 Å². The number of hydrogen-bond acceptors (Lipinski definition) is 4. The summed E-state index contributed by atoms with van der Waals surface area (Å²) in [4.78, 5) is 11.8. The highest BCUT2D eigenvalue weighted by atomic mass is 79.9. The second-order valence-corrected chi connectivity index (χ2v) is 6.43. The van der Waals surface area contributed by atoms with E-state index in [0.29, 0.717) is 11.3 Å². The van der Waals surface area contributed by atoms with E-state index >= 15 is 0 Å². The van der Waals surface area contributed by atoms with Gasteiger partial charge in [-0.2, -0.15) is 5.10 Å². The van der Waals surface area contributed by atoms with Crippen LogP contribution in [0.1, 0.15) is 22.3 Å². The van der Waals surface area contributed by atoms with E-state index in [-0.39, 0.29) is 18.3 Å². The molecule has 5 nitrogen and oxygen atoms in total. The van der Waals surface area contributed by atoms with E-state index in [1.165, 1.54) is 6.21 Å². The number of carbonyl (C=O) groups excluding carboxylic acids is 1. The molecule has 0 aliphatic rings. The van der Waals surface area contributed by atoms with Crippen molar-refractivity contribution in [2.75, 3.05) is 6.61 Å². The van der Waals surface area contributed by atoms with Crippen LogP contribution in [-0.2, 0) is 4.79 Å². The minimum Gasteiger partial charge on any atom is -0.507 e. The standard InChI is InChI=1S/C18H19BrN2O3/c1-11-4-5-14(16(22)6-11)9-20-21-17(23)10-24-18-12(2)7-15(19)8-13(18)3/h4-9,22H,10H2,1-3H3,(H,21,23)/b20-9+. The molecule has 0 saturated carbocycles. The van der Waals surface area contributed by atoms with Crippen LogP contribution in [0.15, 0.2) is 39.9 Å². The second kappa shape index (κ2) is 7.97. The molecule has 0 radical (unpaired) electrons. The van der Waals surface area contributed by atoms with Crippen molar-refractivity contribution in [1.82, 2.24) is 5.43 Å². The van der Waals surface area contributed by atoms with Crippen molar-refractivity contribution in [3.63, 3.8) is 0 Å². The second-order valence-electron chi connectivity index (χ2n) is 5.51. The summed E-state index contributed by atoms with van der Waals surface area (Å²) >= 11 is 3.42. The predicted molar refractivity (Wildman–Crippen MR) is 97.7 cm³/mol. The Balaban J connectivity index is 1.91. The molecule has 2 N–H and O–H groups in total. The van der Waals surface area contributed by atoms with Crippen LogP contribution in [0, 0.1) is 20.8 Å². The third-order valence-corrected chi connectivity index (χ3v) is 3.81. The number of rotatable bonds is 5. The first-order chi connectivity index (χ1) is 11.4. The summed E-state index contributed by atoms with van der Waals surface area (Å²) in [5.41, 5.74) is 5.75. The van der Waals surface area contributed by atoms with Gasteiger partial charge in [0.15, 0.2) is 6.61 Å².